The van der Waals surface area contributed by atoms with Crippen LogP contribution in [0.4, 0.5) is 5.69 Å². The summed E-state index contributed by atoms with van der Waals surface area (Å²) in [4.78, 5) is 13.7. The zero-order valence-electron chi connectivity index (χ0n) is 11.3. The summed E-state index contributed by atoms with van der Waals surface area (Å²) in [6.45, 7) is 3.95. The first kappa shape index (κ1) is 13.1. The molecule has 0 atom stereocenters. The number of rotatable bonds is 5. The molecule has 0 spiro atoms. The molecule has 3 nitrogen and oxygen atoms in total. The fourth-order valence-corrected chi connectivity index (χ4v) is 2.57. The topological polar surface area (TPSA) is 32.3 Å². The number of nitrogens with zero attached hydrogens (tertiary/aromatic N) is 1. The van der Waals surface area contributed by atoms with E-state index in [1.807, 2.05) is 11.9 Å². The number of carbonyl (C=O) groups excluding carboxylic acids is 1. The molecule has 1 amide bonds. The number of aryl methyl sites for hydroxylation is 1. The van der Waals surface area contributed by atoms with Crippen molar-refractivity contribution in [3.8, 4) is 0 Å². The van der Waals surface area contributed by atoms with Crippen molar-refractivity contribution in [3.63, 3.8) is 0 Å². The van der Waals surface area contributed by atoms with Crippen molar-refractivity contribution >= 4 is 11.6 Å². The maximum Gasteiger partial charge on any atom is 0.227 e. The van der Waals surface area contributed by atoms with Crippen molar-refractivity contribution < 1.29 is 4.79 Å². The maximum absolute atomic E-state index is 11.8. The van der Waals surface area contributed by atoms with E-state index in [4.69, 9.17) is 0 Å². The highest BCUT2D eigenvalue weighted by Crippen LogP contribution is 2.25. The van der Waals surface area contributed by atoms with Crippen LogP contribution in [0, 0.1) is 0 Å². The number of carbonyl (C=O) groups is 1. The molecule has 1 N–H and O–H groups in total. The predicted molar refractivity (Wildman–Crippen MR) is 74.8 cm³/mol. The summed E-state index contributed by atoms with van der Waals surface area (Å²) < 4.78 is 0. The molecule has 0 unspecified atom stereocenters. The Bertz CT molecular complexity index is 429. The van der Waals surface area contributed by atoms with Gasteiger partial charge >= 0.3 is 0 Å². The summed E-state index contributed by atoms with van der Waals surface area (Å²) in [7, 11) is 1.97. The maximum atomic E-state index is 11.8. The zero-order valence-corrected chi connectivity index (χ0v) is 11.3. The Morgan fingerprint density at radius 2 is 2.17 bits per heavy atom. The van der Waals surface area contributed by atoms with Crippen molar-refractivity contribution in [1.29, 1.82) is 0 Å². The Morgan fingerprint density at radius 3 is 2.78 bits per heavy atom. The lowest BCUT2D eigenvalue weighted by Crippen LogP contribution is -2.24. The van der Waals surface area contributed by atoms with Gasteiger partial charge in [-0.2, -0.15) is 0 Å². The van der Waals surface area contributed by atoms with Crippen LogP contribution in [0.3, 0.4) is 0 Å². The van der Waals surface area contributed by atoms with Gasteiger partial charge < -0.3 is 10.2 Å². The van der Waals surface area contributed by atoms with Crippen LogP contribution in [0.25, 0.3) is 0 Å². The molecule has 1 aliphatic rings. The van der Waals surface area contributed by atoms with E-state index in [0.29, 0.717) is 6.42 Å². The van der Waals surface area contributed by atoms with Gasteiger partial charge in [-0.05, 0) is 43.1 Å². The molecule has 0 radical (unpaired) electrons. The highest BCUT2D eigenvalue weighted by Gasteiger charge is 2.22. The van der Waals surface area contributed by atoms with Crippen LogP contribution in [0.2, 0.25) is 0 Å². The highest BCUT2D eigenvalue weighted by atomic mass is 16.2. The molecule has 98 valence electrons. The van der Waals surface area contributed by atoms with Gasteiger partial charge in [0, 0.05) is 25.2 Å². The van der Waals surface area contributed by atoms with Crippen LogP contribution in [0.1, 0.15) is 37.3 Å². The van der Waals surface area contributed by atoms with Crippen molar-refractivity contribution in [1.82, 2.24) is 5.32 Å². The van der Waals surface area contributed by atoms with Crippen molar-refractivity contribution in [2.75, 3.05) is 18.5 Å². The Balaban J connectivity index is 2.27. The first-order valence-corrected chi connectivity index (χ1v) is 6.83. The van der Waals surface area contributed by atoms with Crippen LogP contribution in [-0.2, 0) is 17.8 Å². The molecule has 0 aromatic heterocycles. The zero-order chi connectivity index (χ0) is 13.0. The summed E-state index contributed by atoms with van der Waals surface area (Å²) in [5.41, 5.74) is 3.78. The number of benzene rings is 1. The van der Waals surface area contributed by atoms with E-state index >= 15 is 0 Å². The first-order valence-electron chi connectivity index (χ1n) is 6.83. The third-order valence-corrected chi connectivity index (χ3v) is 3.46. The molecule has 0 bridgehead atoms. The molecule has 2 rings (SSSR count). The molecule has 1 aromatic carbocycles. The molecule has 1 heterocycles. The first-order chi connectivity index (χ1) is 8.76. The van der Waals surface area contributed by atoms with Gasteiger partial charge in [0.05, 0.1) is 0 Å². The second-order valence-electron chi connectivity index (χ2n) is 4.88. The van der Waals surface area contributed by atoms with Gasteiger partial charge in [-0.15, -0.1) is 0 Å². The Labute approximate surface area is 109 Å². The minimum absolute atomic E-state index is 0.263. The van der Waals surface area contributed by atoms with E-state index in [9.17, 15) is 4.79 Å². The summed E-state index contributed by atoms with van der Waals surface area (Å²) in [6.07, 6.45) is 3.89. The van der Waals surface area contributed by atoms with Crippen LogP contribution < -0.4 is 10.2 Å². The van der Waals surface area contributed by atoms with Crippen molar-refractivity contribution in [3.05, 3.63) is 29.3 Å². The molecule has 3 heteroatoms. The molecular weight excluding hydrogens is 224 g/mol. The van der Waals surface area contributed by atoms with E-state index in [1.165, 1.54) is 11.1 Å². The Morgan fingerprint density at radius 1 is 1.33 bits per heavy atom. The van der Waals surface area contributed by atoms with Crippen LogP contribution in [0.15, 0.2) is 18.2 Å². The lowest BCUT2D eigenvalue weighted by molar-refractivity contribution is -0.117. The molecule has 0 aliphatic carbocycles. The summed E-state index contributed by atoms with van der Waals surface area (Å²) >= 11 is 0. The lowest BCUT2D eigenvalue weighted by Gasteiger charge is -2.18. The number of hydrogen-bond acceptors (Lipinski definition) is 2. The quantitative estimate of drug-likeness (QED) is 0.865. The number of hydrogen-bond donors (Lipinski definition) is 1. The second-order valence-corrected chi connectivity index (χ2v) is 4.88. The molecule has 18 heavy (non-hydrogen) atoms. The normalized spacial score (nSPS) is 15.4. The SMILES string of the molecule is CCCc1cc(N2CCCC2=O)ccc1CNC. The van der Waals surface area contributed by atoms with Gasteiger partial charge in [0.15, 0.2) is 0 Å². The Kier molecular flexibility index (Phi) is 4.37. The average molecular weight is 246 g/mol. The fourth-order valence-electron chi connectivity index (χ4n) is 2.57. The number of nitrogens with one attached hydrogen (secondary N) is 1. The van der Waals surface area contributed by atoms with Gasteiger partial charge in [0.25, 0.3) is 0 Å². The standard InChI is InChI=1S/C15H22N2O/c1-3-5-12-10-14(8-7-13(12)11-16-2)17-9-4-6-15(17)18/h7-8,10,16H,3-6,9,11H2,1-2H3. The minimum atomic E-state index is 0.263. The minimum Gasteiger partial charge on any atom is -0.316 e. The molecular formula is C15H22N2O. The lowest BCUT2D eigenvalue weighted by atomic mass is 10.0. The smallest absolute Gasteiger partial charge is 0.227 e. The van der Waals surface area contributed by atoms with Crippen LogP contribution >= 0.6 is 0 Å². The molecule has 0 saturated carbocycles. The molecule has 1 fully saturated rings. The second kappa shape index (κ2) is 6.01. The van der Waals surface area contributed by atoms with Crippen molar-refractivity contribution in [2.45, 2.75) is 39.2 Å². The largest absolute Gasteiger partial charge is 0.316 e. The Hall–Kier alpha value is -1.35. The third-order valence-electron chi connectivity index (χ3n) is 3.46. The van der Waals surface area contributed by atoms with Crippen LogP contribution in [0.5, 0.6) is 0 Å². The molecule has 1 saturated heterocycles. The van der Waals surface area contributed by atoms with Gasteiger partial charge in [-0.3, -0.25) is 4.79 Å². The van der Waals surface area contributed by atoms with E-state index in [0.717, 1.165) is 38.0 Å². The van der Waals surface area contributed by atoms with Gasteiger partial charge in [-0.25, -0.2) is 0 Å². The number of anilines is 1. The molecule has 1 aliphatic heterocycles. The number of amides is 1. The van der Waals surface area contributed by atoms with Crippen molar-refractivity contribution in [2.24, 2.45) is 0 Å². The van der Waals surface area contributed by atoms with E-state index in [1.54, 1.807) is 0 Å². The highest BCUT2D eigenvalue weighted by molar-refractivity contribution is 5.95. The molecule has 1 aromatic rings. The average Bonchev–Trinajstić information content (AvgIpc) is 2.78. The van der Waals surface area contributed by atoms with E-state index in [-0.39, 0.29) is 5.91 Å². The predicted octanol–water partition coefficient (Wildman–Crippen LogP) is 2.49. The monoisotopic (exact) mass is 246 g/mol. The fraction of sp³-hybridized carbons (Fsp3) is 0.533. The van der Waals surface area contributed by atoms with Crippen LogP contribution in [-0.4, -0.2) is 19.5 Å². The van der Waals surface area contributed by atoms with E-state index in [2.05, 4.69) is 30.4 Å². The van der Waals surface area contributed by atoms with Gasteiger partial charge in [0.2, 0.25) is 5.91 Å². The summed E-state index contributed by atoms with van der Waals surface area (Å²) in [6, 6.07) is 6.43. The summed E-state index contributed by atoms with van der Waals surface area (Å²) in [5.74, 6) is 0.263. The van der Waals surface area contributed by atoms with Gasteiger partial charge in [0.1, 0.15) is 0 Å². The van der Waals surface area contributed by atoms with E-state index < -0.39 is 0 Å². The summed E-state index contributed by atoms with van der Waals surface area (Å²) in [5, 5.41) is 3.20. The van der Waals surface area contributed by atoms with Gasteiger partial charge in [-0.1, -0.05) is 19.4 Å². The third kappa shape index (κ3) is 2.72.